The van der Waals surface area contributed by atoms with Crippen LogP contribution in [-0.2, 0) is 19.3 Å². The number of aryl methyl sites for hydroxylation is 3. The third-order valence-electron chi connectivity index (χ3n) is 4.44. The monoisotopic (exact) mass is 299 g/mol. The predicted octanol–water partition coefficient (Wildman–Crippen LogP) is 4.83. The van der Waals surface area contributed by atoms with Gasteiger partial charge in [0.1, 0.15) is 0 Å². The zero-order valence-corrected chi connectivity index (χ0v) is 13.9. The summed E-state index contributed by atoms with van der Waals surface area (Å²) in [7, 11) is 0. The van der Waals surface area contributed by atoms with Gasteiger partial charge >= 0.3 is 0 Å². The molecule has 0 radical (unpaired) electrons. The van der Waals surface area contributed by atoms with Gasteiger partial charge in [-0.05, 0) is 68.3 Å². The van der Waals surface area contributed by atoms with Crippen molar-refractivity contribution in [2.24, 2.45) is 0 Å². The molecule has 1 N–H and O–H groups in total. The molecule has 3 rings (SSSR count). The number of benzene rings is 1. The van der Waals surface area contributed by atoms with Crippen molar-refractivity contribution in [3.63, 3.8) is 0 Å². The highest BCUT2D eigenvalue weighted by Crippen LogP contribution is 2.35. The lowest BCUT2D eigenvalue weighted by Crippen LogP contribution is -2.23. The Balaban J connectivity index is 1.81. The fourth-order valence-electron chi connectivity index (χ4n) is 3.17. The Morgan fingerprint density at radius 2 is 2.10 bits per heavy atom. The molecule has 112 valence electrons. The standard InChI is InChI=1S/C19H25NS/c1-3-11-20-17(12-15-8-5-4-7-14(15)2)19-13-16-9-6-10-18(16)21-19/h4-5,7-8,13,17,20H,3,6,9-12H2,1-2H3. The fourth-order valence-corrected chi connectivity index (χ4v) is 4.51. The summed E-state index contributed by atoms with van der Waals surface area (Å²) in [6, 6.07) is 11.7. The van der Waals surface area contributed by atoms with Gasteiger partial charge in [-0.2, -0.15) is 0 Å². The van der Waals surface area contributed by atoms with Crippen LogP contribution in [-0.4, -0.2) is 6.54 Å². The van der Waals surface area contributed by atoms with E-state index < -0.39 is 0 Å². The van der Waals surface area contributed by atoms with Gasteiger partial charge in [0, 0.05) is 15.8 Å². The topological polar surface area (TPSA) is 12.0 Å². The van der Waals surface area contributed by atoms with E-state index in [1.165, 1.54) is 41.7 Å². The molecule has 1 aromatic carbocycles. The van der Waals surface area contributed by atoms with E-state index in [0.29, 0.717) is 6.04 Å². The van der Waals surface area contributed by atoms with E-state index in [4.69, 9.17) is 0 Å². The summed E-state index contributed by atoms with van der Waals surface area (Å²) in [6.07, 6.45) is 6.23. The van der Waals surface area contributed by atoms with Gasteiger partial charge in [0.15, 0.2) is 0 Å². The van der Waals surface area contributed by atoms with Crippen molar-refractivity contribution in [1.29, 1.82) is 0 Å². The first-order chi connectivity index (χ1) is 10.3. The highest BCUT2D eigenvalue weighted by Gasteiger charge is 2.20. The summed E-state index contributed by atoms with van der Waals surface area (Å²) < 4.78 is 0. The number of hydrogen-bond donors (Lipinski definition) is 1. The molecular weight excluding hydrogens is 274 g/mol. The summed E-state index contributed by atoms with van der Waals surface area (Å²) in [4.78, 5) is 3.18. The lowest BCUT2D eigenvalue weighted by molar-refractivity contribution is 0.535. The summed E-state index contributed by atoms with van der Waals surface area (Å²) in [6.45, 7) is 5.56. The Morgan fingerprint density at radius 3 is 2.86 bits per heavy atom. The number of rotatable bonds is 6. The van der Waals surface area contributed by atoms with Crippen molar-refractivity contribution in [3.8, 4) is 0 Å². The lowest BCUT2D eigenvalue weighted by Gasteiger charge is -2.18. The minimum absolute atomic E-state index is 0.474. The van der Waals surface area contributed by atoms with E-state index in [-0.39, 0.29) is 0 Å². The third-order valence-corrected chi connectivity index (χ3v) is 5.79. The minimum Gasteiger partial charge on any atom is -0.309 e. The van der Waals surface area contributed by atoms with E-state index in [9.17, 15) is 0 Å². The minimum atomic E-state index is 0.474. The van der Waals surface area contributed by atoms with Gasteiger partial charge in [-0.25, -0.2) is 0 Å². The molecule has 1 aliphatic carbocycles. The molecule has 0 saturated heterocycles. The van der Waals surface area contributed by atoms with E-state index in [1.807, 2.05) is 11.3 Å². The molecule has 2 aromatic rings. The normalized spacial score (nSPS) is 15.1. The summed E-state index contributed by atoms with van der Waals surface area (Å²) in [5, 5.41) is 3.76. The molecule has 0 aliphatic heterocycles. The Labute approximate surface area is 132 Å². The maximum absolute atomic E-state index is 3.76. The van der Waals surface area contributed by atoms with Crippen molar-refractivity contribution >= 4 is 11.3 Å². The molecule has 1 aliphatic rings. The van der Waals surface area contributed by atoms with Crippen LogP contribution in [0.25, 0.3) is 0 Å². The first-order valence-corrected chi connectivity index (χ1v) is 8.99. The molecule has 1 aromatic heterocycles. The average Bonchev–Trinajstić information content (AvgIpc) is 3.06. The summed E-state index contributed by atoms with van der Waals surface area (Å²) in [5.41, 5.74) is 4.49. The highest BCUT2D eigenvalue weighted by molar-refractivity contribution is 7.12. The van der Waals surface area contributed by atoms with Gasteiger partial charge in [-0.1, -0.05) is 31.2 Å². The quantitative estimate of drug-likeness (QED) is 0.805. The van der Waals surface area contributed by atoms with Crippen molar-refractivity contribution in [3.05, 3.63) is 56.8 Å². The molecule has 0 spiro atoms. The zero-order valence-electron chi connectivity index (χ0n) is 13.1. The van der Waals surface area contributed by atoms with Crippen LogP contribution in [0.5, 0.6) is 0 Å². The maximum Gasteiger partial charge on any atom is 0.0455 e. The van der Waals surface area contributed by atoms with Gasteiger partial charge in [0.2, 0.25) is 0 Å². The smallest absolute Gasteiger partial charge is 0.0455 e. The second kappa shape index (κ2) is 6.76. The van der Waals surface area contributed by atoms with Crippen LogP contribution < -0.4 is 5.32 Å². The summed E-state index contributed by atoms with van der Waals surface area (Å²) >= 11 is 2.04. The second-order valence-corrected chi connectivity index (χ2v) is 7.26. The molecule has 0 bridgehead atoms. The van der Waals surface area contributed by atoms with E-state index >= 15 is 0 Å². The van der Waals surface area contributed by atoms with Gasteiger partial charge < -0.3 is 5.32 Å². The van der Waals surface area contributed by atoms with Gasteiger partial charge in [-0.3, -0.25) is 0 Å². The van der Waals surface area contributed by atoms with Crippen molar-refractivity contribution < 1.29 is 0 Å². The molecule has 21 heavy (non-hydrogen) atoms. The first-order valence-electron chi connectivity index (χ1n) is 8.17. The van der Waals surface area contributed by atoms with Crippen molar-refractivity contribution in [2.45, 2.75) is 52.0 Å². The first kappa shape index (κ1) is 14.8. The Kier molecular flexibility index (Phi) is 4.77. The fraction of sp³-hybridized carbons (Fsp3) is 0.474. The number of fused-ring (bicyclic) bond motifs is 1. The highest BCUT2D eigenvalue weighted by atomic mass is 32.1. The molecular formula is C19H25NS. The van der Waals surface area contributed by atoms with Crippen LogP contribution in [0.2, 0.25) is 0 Å². The molecule has 2 heteroatoms. The number of nitrogens with one attached hydrogen (secondary N) is 1. The Morgan fingerprint density at radius 1 is 1.24 bits per heavy atom. The molecule has 0 fully saturated rings. The van der Waals surface area contributed by atoms with E-state index in [0.717, 1.165) is 13.0 Å². The molecule has 1 heterocycles. The maximum atomic E-state index is 3.76. The molecule has 0 amide bonds. The third kappa shape index (κ3) is 3.38. The molecule has 1 unspecified atom stereocenters. The Hall–Kier alpha value is -1.12. The zero-order chi connectivity index (χ0) is 14.7. The van der Waals surface area contributed by atoms with Crippen LogP contribution in [0.15, 0.2) is 30.3 Å². The molecule has 1 nitrogen and oxygen atoms in total. The van der Waals surface area contributed by atoms with Crippen molar-refractivity contribution in [1.82, 2.24) is 5.32 Å². The van der Waals surface area contributed by atoms with Crippen LogP contribution >= 0.6 is 11.3 Å². The van der Waals surface area contributed by atoms with Gasteiger partial charge in [0.05, 0.1) is 0 Å². The SMILES string of the molecule is CCCNC(Cc1ccccc1C)c1cc2c(s1)CCC2. The van der Waals surface area contributed by atoms with Crippen LogP contribution in [0, 0.1) is 6.92 Å². The van der Waals surface area contributed by atoms with Crippen LogP contribution in [0.3, 0.4) is 0 Å². The second-order valence-electron chi connectivity index (χ2n) is 6.09. The average molecular weight is 299 g/mol. The molecule has 1 atom stereocenters. The van der Waals surface area contributed by atoms with Crippen molar-refractivity contribution in [2.75, 3.05) is 6.54 Å². The van der Waals surface area contributed by atoms with Gasteiger partial charge in [-0.15, -0.1) is 11.3 Å². The van der Waals surface area contributed by atoms with Crippen LogP contribution in [0.4, 0.5) is 0 Å². The number of hydrogen-bond acceptors (Lipinski definition) is 2. The largest absolute Gasteiger partial charge is 0.309 e. The lowest BCUT2D eigenvalue weighted by atomic mass is 9.99. The van der Waals surface area contributed by atoms with E-state index in [2.05, 4.69) is 49.5 Å². The summed E-state index contributed by atoms with van der Waals surface area (Å²) in [5.74, 6) is 0. The Bertz CT molecular complexity index is 578. The van der Waals surface area contributed by atoms with Crippen LogP contribution in [0.1, 0.15) is 52.3 Å². The predicted molar refractivity (Wildman–Crippen MR) is 92.3 cm³/mol. The molecule has 0 saturated carbocycles. The van der Waals surface area contributed by atoms with E-state index in [1.54, 1.807) is 10.4 Å². The number of thiophene rings is 1. The van der Waals surface area contributed by atoms with Gasteiger partial charge in [0.25, 0.3) is 0 Å².